The van der Waals surface area contributed by atoms with Crippen molar-refractivity contribution in [1.29, 1.82) is 0 Å². The number of hydrogen-bond donors (Lipinski definition) is 3. The Hall–Kier alpha value is -1.34. The first kappa shape index (κ1) is 11.7. The van der Waals surface area contributed by atoms with Gasteiger partial charge in [-0.25, -0.2) is 9.86 Å². The van der Waals surface area contributed by atoms with Crippen molar-refractivity contribution in [1.82, 2.24) is 10.4 Å². The highest BCUT2D eigenvalue weighted by Crippen LogP contribution is 1.91. The van der Waals surface area contributed by atoms with Gasteiger partial charge >= 0.3 is 6.09 Å². The first-order valence-electron chi connectivity index (χ1n) is 3.45. The fourth-order valence-corrected chi connectivity index (χ4v) is 0.644. The molecule has 76 valence electrons. The molecule has 0 rings (SSSR count). The van der Waals surface area contributed by atoms with Crippen LogP contribution in [-0.4, -0.2) is 54.1 Å². The lowest BCUT2D eigenvalue weighted by atomic mass is 10.3. The Morgan fingerprint density at radius 1 is 1.62 bits per heavy atom. The summed E-state index contributed by atoms with van der Waals surface area (Å²) in [6.07, 6.45) is -1.38. The first-order chi connectivity index (χ1) is 6.02. The van der Waals surface area contributed by atoms with Gasteiger partial charge in [-0.3, -0.25) is 9.63 Å². The van der Waals surface area contributed by atoms with Gasteiger partial charge in [0.1, 0.15) is 6.04 Å². The van der Waals surface area contributed by atoms with E-state index in [1.54, 1.807) is 0 Å². The van der Waals surface area contributed by atoms with E-state index in [1.807, 2.05) is 5.32 Å². The van der Waals surface area contributed by atoms with Crippen molar-refractivity contribution in [3.05, 3.63) is 0 Å². The molecule has 1 atom stereocenters. The van der Waals surface area contributed by atoms with Crippen LogP contribution < -0.4 is 5.32 Å². The van der Waals surface area contributed by atoms with Gasteiger partial charge < -0.3 is 15.5 Å². The summed E-state index contributed by atoms with van der Waals surface area (Å²) < 4.78 is 0. The third kappa shape index (κ3) is 3.72. The minimum absolute atomic E-state index is 0.612. The Morgan fingerprint density at radius 2 is 2.15 bits per heavy atom. The van der Waals surface area contributed by atoms with Crippen molar-refractivity contribution in [3.63, 3.8) is 0 Å². The Labute approximate surface area is 74.9 Å². The summed E-state index contributed by atoms with van der Waals surface area (Å²) in [5.74, 6) is -0.660. The van der Waals surface area contributed by atoms with Crippen LogP contribution in [0.15, 0.2) is 0 Å². The molecule has 2 amide bonds. The van der Waals surface area contributed by atoms with Crippen LogP contribution in [0.4, 0.5) is 4.79 Å². The van der Waals surface area contributed by atoms with Crippen LogP contribution in [0.3, 0.4) is 0 Å². The highest BCUT2D eigenvalue weighted by Gasteiger charge is 2.22. The molecule has 0 heterocycles. The lowest BCUT2D eigenvalue weighted by Gasteiger charge is -2.19. The average Bonchev–Trinajstić information content (AvgIpc) is 2.11. The third-order valence-corrected chi connectivity index (χ3v) is 1.36. The molecule has 0 aromatic rings. The number of nitrogens with zero attached hydrogens (tertiary/aromatic N) is 1. The highest BCUT2D eigenvalue weighted by molar-refractivity contribution is 5.84. The van der Waals surface area contributed by atoms with E-state index < -0.39 is 24.6 Å². The second kappa shape index (κ2) is 5.33. The predicted molar refractivity (Wildman–Crippen MR) is 41.8 cm³/mol. The van der Waals surface area contributed by atoms with Gasteiger partial charge in [0, 0.05) is 7.05 Å². The molecule has 7 heteroatoms. The van der Waals surface area contributed by atoms with Crippen molar-refractivity contribution < 1.29 is 24.6 Å². The van der Waals surface area contributed by atoms with Crippen LogP contribution in [0.5, 0.6) is 0 Å². The number of aliphatic hydroxyl groups excluding tert-OH is 1. The number of hydroxylamine groups is 2. The molecule has 0 spiro atoms. The quantitative estimate of drug-likeness (QED) is 0.477. The van der Waals surface area contributed by atoms with Crippen molar-refractivity contribution in [2.45, 2.75) is 6.04 Å². The Balaban J connectivity index is 4.22. The number of carbonyl (C=O) groups is 2. The Kier molecular flexibility index (Phi) is 4.78. The lowest BCUT2D eigenvalue weighted by molar-refractivity contribution is -0.171. The van der Waals surface area contributed by atoms with E-state index in [-0.39, 0.29) is 0 Å². The summed E-state index contributed by atoms with van der Waals surface area (Å²) >= 11 is 0. The lowest BCUT2D eigenvalue weighted by Crippen LogP contribution is -2.48. The predicted octanol–water partition coefficient (Wildman–Crippen LogP) is -1.37. The van der Waals surface area contributed by atoms with Gasteiger partial charge in [-0.15, -0.1) is 0 Å². The van der Waals surface area contributed by atoms with Crippen molar-refractivity contribution in [2.75, 3.05) is 20.8 Å². The smallest absolute Gasteiger partial charge is 0.405 e. The summed E-state index contributed by atoms with van der Waals surface area (Å²) in [4.78, 5) is 25.8. The number of amides is 2. The van der Waals surface area contributed by atoms with Crippen molar-refractivity contribution >= 4 is 12.0 Å². The molecule has 0 aliphatic rings. The minimum Gasteiger partial charge on any atom is -0.465 e. The Bertz CT molecular complexity index is 195. The van der Waals surface area contributed by atoms with Crippen LogP contribution in [0.1, 0.15) is 0 Å². The molecule has 0 bridgehead atoms. The fourth-order valence-electron chi connectivity index (χ4n) is 0.644. The molecule has 0 aromatic carbocycles. The summed E-state index contributed by atoms with van der Waals surface area (Å²) in [5.41, 5.74) is 0. The third-order valence-electron chi connectivity index (χ3n) is 1.36. The van der Waals surface area contributed by atoms with E-state index in [9.17, 15) is 9.59 Å². The maximum atomic E-state index is 11.2. The molecule has 7 nitrogen and oxygen atoms in total. The van der Waals surface area contributed by atoms with Crippen molar-refractivity contribution in [3.8, 4) is 0 Å². The van der Waals surface area contributed by atoms with E-state index in [4.69, 9.17) is 10.2 Å². The number of nitrogens with one attached hydrogen (secondary N) is 1. The van der Waals surface area contributed by atoms with E-state index in [0.29, 0.717) is 0 Å². The van der Waals surface area contributed by atoms with Crippen LogP contribution in [0.25, 0.3) is 0 Å². The molecule has 0 aromatic heterocycles. The molecule has 1 unspecified atom stereocenters. The van der Waals surface area contributed by atoms with Gasteiger partial charge in [0.25, 0.3) is 5.91 Å². The number of carboxylic acid groups (broad SMARTS) is 1. The molecular weight excluding hydrogens is 180 g/mol. The molecule has 0 saturated carbocycles. The van der Waals surface area contributed by atoms with Crippen LogP contribution in [0, 0.1) is 0 Å². The zero-order chi connectivity index (χ0) is 10.4. The number of aliphatic hydroxyl groups is 1. The molecule has 0 aliphatic carbocycles. The summed E-state index contributed by atoms with van der Waals surface area (Å²) in [5, 5.41) is 19.6. The molecule has 0 saturated heterocycles. The standard InChI is InChI=1S/C6H12N2O5/c1-8(13-2)5(10)4(3-9)7-6(11)12/h4,7,9H,3H2,1-2H3,(H,11,12). The van der Waals surface area contributed by atoms with Crippen LogP contribution in [-0.2, 0) is 9.63 Å². The number of likely N-dealkylation sites (N-methyl/N-ethyl adjacent to an activating group) is 1. The van der Waals surface area contributed by atoms with E-state index in [1.165, 1.54) is 14.2 Å². The van der Waals surface area contributed by atoms with E-state index >= 15 is 0 Å². The number of carbonyl (C=O) groups excluding carboxylic acids is 1. The maximum Gasteiger partial charge on any atom is 0.405 e. The number of hydrogen-bond acceptors (Lipinski definition) is 4. The summed E-state index contributed by atoms with van der Waals surface area (Å²) in [6, 6.07) is -1.19. The molecule has 3 N–H and O–H groups in total. The van der Waals surface area contributed by atoms with Gasteiger partial charge in [0.15, 0.2) is 0 Å². The zero-order valence-electron chi connectivity index (χ0n) is 7.35. The zero-order valence-corrected chi connectivity index (χ0v) is 7.35. The summed E-state index contributed by atoms with van der Waals surface area (Å²) in [7, 11) is 2.57. The van der Waals surface area contributed by atoms with Crippen LogP contribution in [0.2, 0.25) is 0 Å². The van der Waals surface area contributed by atoms with Gasteiger partial charge in [-0.2, -0.15) is 0 Å². The topological polar surface area (TPSA) is 99.1 Å². The van der Waals surface area contributed by atoms with Crippen molar-refractivity contribution in [2.24, 2.45) is 0 Å². The van der Waals surface area contributed by atoms with E-state index in [2.05, 4.69) is 4.84 Å². The van der Waals surface area contributed by atoms with Crippen LogP contribution >= 0.6 is 0 Å². The Morgan fingerprint density at radius 3 is 2.46 bits per heavy atom. The first-order valence-corrected chi connectivity index (χ1v) is 3.45. The van der Waals surface area contributed by atoms with Gasteiger partial charge in [-0.05, 0) is 0 Å². The van der Waals surface area contributed by atoms with Gasteiger partial charge in [0.05, 0.1) is 13.7 Å². The largest absolute Gasteiger partial charge is 0.465 e. The fraction of sp³-hybridized carbons (Fsp3) is 0.667. The molecule has 0 fully saturated rings. The normalized spacial score (nSPS) is 11.9. The SMILES string of the molecule is CON(C)C(=O)C(CO)NC(=O)O. The average molecular weight is 192 g/mol. The highest BCUT2D eigenvalue weighted by atomic mass is 16.7. The number of rotatable bonds is 4. The summed E-state index contributed by atoms with van der Waals surface area (Å²) in [6.45, 7) is -0.612. The molecule has 0 radical (unpaired) electrons. The molecule has 13 heavy (non-hydrogen) atoms. The van der Waals surface area contributed by atoms with E-state index in [0.717, 1.165) is 5.06 Å². The molecule has 0 aliphatic heterocycles. The maximum absolute atomic E-state index is 11.2. The second-order valence-corrected chi connectivity index (χ2v) is 2.20. The van der Waals surface area contributed by atoms with Gasteiger partial charge in [-0.1, -0.05) is 0 Å². The van der Waals surface area contributed by atoms with Gasteiger partial charge in [0.2, 0.25) is 0 Å². The minimum atomic E-state index is -1.38. The monoisotopic (exact) mass is 192 g/mol. The second-order valence-electron chi connectivity index (χ2n) is 2.20. The molecular formula is C6H12N2O5.